The Balaban J connectivity index is 0.00000288. The van der Waals surface area contributed by atoms with Crippen molar-refractivity contribution in [2.45, 2.75) is 19.9 Å². The van der Waals surface area contributed by atoms with Gasteiger partial charge < -0.3 is 25.1 Å². The van der Waals surface area contributed by atoms with Crippen molar-refractivity contribution in [1.82, 2.24) is 14.8 Å². The number of methoxy groups -OCH3 is 2. The third-order valence-corrected chi connectivity index (χ3v) is 3.30. The van der Waals surface area contributed by atoms with E-state index in [1.165, 1.54) is 0 Å². The van der Waals surface area contributed by atoms with Gasteiger partial charge in [0, 0.05) is 19.0 Å². The molecular formula is C15H23IN6O2. The second-order valence-corrected chi connectivity index (χ2v) is 4.75. The smallest absolute Gasteiger partial charge is 0.193 e. The molecule has 3 N–H and O–H groups in total. The average molecular weight is 446 g/mol. The van der Waals surface area contributed by atoms with E-state index in [9.17, 15) is 0 Å². The Morgan fingerprint density at radius 3 is 2.79 bits per heavy atom. The predicted octanol–water partition coefficient (Wildman–Crippen LogP) is 1.90. The molecule has 2 aromatic rings. The number of halogens is 1. The first kappa shape index (κ1) is 20.0. The van der Waals surface area contributed by atoms with Gasteiger partial charge in [-0.1, -0.05) is 6.92 Å². The zero-order chi connectivity index (χ0) is 16.7. The van der Waals surface area contributed by atoms with Crippen molar-refractivity contribution in [3.63, 3.8) is 0 Å². The largest absolute Gasteiger partial charge is 0.497 e. The summed E-state index contributed by atoms with van der Waals surface area (Å²) in [7, 11) is 3.20. The van der Waals surface area contributed by atoms with Crippen LogP contribution in [0.2, 0.25) is 0 Å². The summed E-state index contributed by atoms with van der Waals surface area (Å²) < 4.78 is 12.4. The van der Waals surface area contributed by atoms with Crippen molar-refractivity contribution in [3.8, 4) is 11.5 Å². The predicted molar refractivity (Wildman–Crippen MR) is 104 cm³/mol. The molecule has 1 heterocycles. The molecule has 9 heteroatoms. The molecule has 0 aliphatic carbocycles. The topological polar surface area (TPSA) is 99.6 Å². The van der Waals surface area contributed by atoms with E-state index in [0.717, 1.165) is 12.2 Å². The summed E-state index contributed by atoms with van der Waals surface area (Å²) in [6.45, 7) is 3.23. The van der Waals surface area contributed by atoms with Gasteiger partial charge in [-0.15, -0.1) is 34.2 Å². The maximum atomic E-state index is 5.93. The Kier molecular flexibility index (Phi) is 8.30. The van der Waals surface area contributed by atoms with Crippen LogP contribution in [-0.4, -0.2) is 41.5 Å². The average Bonchev–Trinajstić information content (AvgIpc) is 3.02. The Bertz CT molecular complexity index is 674. The van der Waals surface area contributed by atoms with E-state index in [1.54, 1.807) is 32.7 Å². The van der Waals surface area contributed by atoms with E-state index in [1.807, 2.05) is 17.6 Å². The van der Waals surface area contributed by atoms with Crippen LogP contribution in [0.1, 0.15) is 12.7 Å². The lowest BCUT2D eigenvalue weighted by molar-refractivity contribution is 0.405. The van der Waals surface area contributed by atoms with Crippen LogP contribution < -0.4 is 20.5 Å². The molecule has 0 spiro atoms. The minimum absolute atomic E-state index is 0. The van der Waals surface area contributed by atoms with Gasteiger partial charge in [-0.25, -0.2) is 0 Å². The molecule has 8 nitrogen and oxygen atoms in total. The molecule has 132 valence electrons. The van der Waals surface area contributed by atoms with E-state index >= 15 is 0 Å². The molecule has 24 heavy (non-hydrogen) atoms. The van der Waals surface area contributed by atoms with Gasteiger partial charge in [-0.05, 0) is 12.1 Å². The first-order chi connectivity index (χ1) is 11.2. The van der Waals surface area contributed by atoms with E-state index < -0.39 is 0 Å². The summed E-state index contributed by atoms with van der Waals surface area (Å²) in [6, 6.07) is 5.42. The van der Waals surface area contributed by atoms with Crippen molar-refractivity contribution in [2.75, 3.05) is 26.1 Å². The number of anilines is 1. The van der Waals surface area contributed by atoms with Crippen molar-refractivity contribution >= 4 is 35.6 Å². The second kappa shape index (κ2) is 9.96. The molecule has 0 fully saturated rings. The molecule has 0 radical (unpaired) electrons. The van der Waals surface area contributed by atoms with E-state index in [0.29, 0.717) is 36.2 Å². The highest BCUT2D eigenvalue weighted by Crippen LogP contribution is 2.28. The molecule has 1 aromatic carbocycles. The first-order valence-corrected chi connectivity index (χ1v) is 7.33. The molecule has 0 aliphatic rings. The summed E-state index contributed by atoms with van der Waals surface area (Å²) in [5.74, 6) is 2.61. The third kappa shape index (κ3) is 5.25. The van der Waals surface area contributed by atoms with Crippen LogP contribution in [0, 0.1) is 0 Å². The quantitative estimate of drug-likeness (QED) is 0.383. The molecule has 0 saturated heterocycles. The van der Waals surface area contributed by atoms with Gasteiger partial charge in [0.15, 0.2) is 5.96 Å². The Morgan fingerprint density at radius 1 is 1.33 bits per heavy atom. The zero-order valence-electron chi connectivity index (χ0n) is 14.0. The number of aryl methyl sites for hydroxylation is 1. The summed E-state index contributed by atoms with van der Waals surface area (Å²) in [5.41, 5.74) is 6.63. The van der Waals surface area contributed by atoms with Gasteiger partial charge in [0.25, 0.3) is 0 Å². The highest BCUT2D eigenvalue weighted by molar-refractivity contribution is 14.0. The standard InChI is InChI=1S/C15H22N6O2.HI/c1-4-14-20-18-10-21(14)8-7-17-15(16)19-12-9-11(22-2)5-6-13(12)23-3;/h5-6,9-10H,4,7-8H2,1-3H3,(H3,16,17,19);1H. The maximum Gasteiger partial charge on any atom is 0.193 e. The Labute approximate surface area is 158 Å². The molecule has 0 atom stereocenters. The van der Waals surface area contributed by atoms with E-state index in [4.69, 9.17) is 15.2 Å². The maximum absolute atomic E-state index is 5.93. The number of benzene rings is 1. The normalized spacial score (nSPS) is 10.9. The summed E-state index contributed by atoms with van der Waals surface area (Å²) in [6.07, 6.45) is 2.53. The van der Waals surface area contributed by atoms with Crippen molar-refractivity contribution in [3.05, 3.63) is 30.4 Å². The van der Waals surface area contributed by atoms with Crippen LogP contribution in [-0.2, 0) is 13.0 Å². The highest BCUT2D eigenvalue weighted by Gasteiger charge is 2.06. The number of hydrogen-bond donors (Lipinski definition) is 2. The molecule has 1 aromatic heterocycles. The van der Waals surface area contributed by atoms with Crippen LogP contribution in [0.15, 0.2) is 29.5 Å². The number of rotatable bonds is 7. The lowest BCUT2D eigenvalue weighted by Gasteiger charge is -2.12. The number of hydrogen-bond acceptors (Lipinski definition) is 5. The second-order valence-electron chi connectivity index (χ2n) is 4.75. The fraction of sp³-hybridized carbons (Fsp3) is 0.400. The van der Waals surface area contributed by atoms with Crippen LogP contribution in [0.25, 0.3) is 0 Å². The van der Waals surface area contributed by atoms with Gasteiger partial charge >= 0.3 is 0 Å². The van der Waals surface area contributed by atoms with Crippen molar-refractivity contribution in [2.24, 2.45) is 10.7 Å². The summed E-state index contributed by atoms with van der Waals surface area (Å²) in [4.78, 5) is 4.31. The molecule has 0 unspecified atom stereocenters. The number of guanidine groups is 1. The van der Waals surface area contributed by atoms with Crippen molar-refractivity contribution in [1.29, 1.82) is 0 Å². The summed E-state index contributed by atoms with van der Waals surface area (Å²) >= 11 is 0. The Hall–Kier alpha value is -2.04. The van der Waals surface area contributed by atoms with Crippen LogP contribution >= 0.6 is 24.0 Å². The van der Waals surface area contributed by atoms with Gasteiger partial charge in [0.1, 0.15) is 23.7 Å². The lowest BCUT2D eigenvalue weighted by Crippen LogP contribution is -2.23. The fourth-order valence-electron chi connectivity index (χ4n) is 2.11. The minimum atomic E-state index is 0. The van der Waals surface area contributed by atoms with Crippen LogP contribution in [0.5, 0.6) is 11.5 Å². The zero-order valence-corrected chi connectivity index (χ0v) is 16.4. The molecular weight excluding hydrogens is 423 g/mol. The van der Waals surface area contributed by atoms with Crippen LogP contribution in [0.4, 0.5) is 5.69 Å². The lowest BCUT2D eigenvalue weighted by atomic mass is 10.2. The molecule has 0 amide bonds. The number of aliphatic imine (C=N–C) groups is 1. The monoisotopic (exact) mass is 446 g/mol. The van der Waals surface area contributed by atoms with Gasteiger partial charge in [-0.3, -0.25) is 4.99 Å². The summed E-state index contributed by atoms with van der Waals surface area (Å²) in [5, 5.41) is 10.9. The molecule has 0 bridgehead atoms. The molecule has 0 aliphatic heterocycles. The molecule has 2 rings (SSSR count). The number of nitrogens with two attached hydrogens (primary N) is 1. The Morgan fingerprint density at radius 2 is 2.12 bits per heavy atom. The van der Waals surface area contributed by atoms with Gasteiger partial charge in [0.05, 0.1) is 26.5 Å². The highest BCUT2D eigenvalue weighted by atomic mass is 127. The molecule has 0 saturated carbocycles. The van der Waals surface area contributed by atoms with E-state index in [-0.39, 0.29) is 24.0 Å². The number of nitrogens with one attached hydrogen (secondary N) is 1. The number of aromatic nitrogens is 3. The van der Waals surface area contributed by atoms with Gasteiger partial charge in [0.2, 0.25) is 0 Å². The van der Waals surface area contributed by atoms with Crippen molar-refractivity contribution < 1.29 is 9.47 Å². The van der Waals surface area contributed by atoms with Crippen LogP contribution in [0.3, 0.4) is 0 Å². The fourth-order valence-corrected chi connectivity index (χ4v) is 2.11. The SMILES string of the molecule is CCc1nncn1CCN=C(N)Nc1cc(OC)ccc1OC.I. The first-order valence-electron chi connectivity index (χ1n) is 7.33. The number of ether oxygens (including phenoxy) is 2. The third-order valence-electron chi connectivity index (χ3n) is 3.30. The number of nitrogens with zero attached hydrogens (tertiary/aromatic N) is 4. The van der Waals surface area contributed by atoms with Gasteiger partial charge in [-0.2, -0.15) is 0 Å². The van der Waals surface area contributed by atoms with E-state index in [2.05, 4.69) is 20.5 Å². The minimum Gasteiger partial charge on any atom is -0.497 e.